The third-order valence-electron chi connectivity index (χ3n) is 5.19. The molecule has 32 heavy (non-hydrogen) atoms. The quantitative estimate of drug-likeness (QED) is 0.289. The lowest BCUT2D eigenvalue weighted by atomic mass is 10.1. The average Bonchev–Trinajstić information content (AvgIpc) is 3.12. The van der Waals surface area contributed by atoms with Gasteiger partial charge in [0.2, 0.25) is 0 Å². The Bertz CT molecular complexity index is 1380. The van der Waals surface area contributed by atoms with E-state index in [0.29, 0.717) is 17.3 Å². The first kappa shape index (κ1) is 21.4. The maximum atomic E-state index is 13.3. The van der Waals surface area contributed by atoms with Crippen molar-refractivity contribution in [2.45, 2.75) is 13.5 Å². The molecule has 4 rings (SSSR count). The van der Waals surface area contributed by atoms with Crippen molar-refractivity contribution in [1.29, 1.82) is 5.26 Å². The first-order valence-electron chi connectivity index (χ1n) is 9.96. The number of halogens is 2. The number of nitrogens with one attached hydrogen (secondary N) is 1. The highest BCUT2D eigenvalue weighted by molar-refractivity contribution is 6.30. The number of aryl methyl sites for hydroxylation is 1. The number of rotatable bonds is 5. The van der Waals surface area contributed by atoms with Gasteiger partial charge in [-0.2, -0.15) is 5.26 Å². The molecule has 3 aromatic carbocycles. The molecule has 4 aromatic rings. The number of anilines is 1. The lowest BCUT2D eigenvalue weighted by Crippen LogP contribution is -2.14. The zero-order valence-corrected chi connectivity index (χ0v) is 18.0. The fourth-order valence-corrected chi connectivity index (χ4v) is 3.80. The predicted octanol–water partition coefficient (Wildman–Crippen LogP) is 6.34. The highest BCUT2D eigenvalue weighted by Crippen LogP contribution is 2.25. The third-order valence-corrected chi connectivity index (χ3v) is 5.42. The van der Waals surface area contributed by atoms with Crippen LogP contribution in [0.4, 0.5) is 10.1 Å². The summed E-state index contributed by atoms with van der Waals surface area (Å²) in [6.07, 6.45) is 3.48. The molecule has 0 saturated carbocycles. The van der Waals surface area contributed by atoms with E-state index in [1.54, 1.807) is 36.4 Å². The summed E-state index contributed by atoms with van der Waals surface area (Å²) in [5.41, 5.74) is 4.04. The summed E-state index contributed by atoms with van der Waals surface area (Å²) in [5.74, 6) is -0.774. The third kappa shape index (κ3) is 4.56. The van der Waals surface area contributed by atoms with Crippen molar-refractivity contribution in [3.05, 3.63) is 106 Å². The van der Waals surface area contributed by atoms with Crippen LogP contribution in [0.2, 0.25) is 5.02 Å². The predicted molar refractivity (Wildman–Crippen MR) is 126 cm³/mol. The van der Waals surface area contributed by atoms with Crippen LogP contribution in [0.15, 0.2) is 78.5 Å². The molecule has 1 aromatic heterocycles. The van der Waals surface area contributed by atoms with Crippen LogP contribution in [0.25, 0.3) is 17.0 Å². The molecular formula is C26H19ClFN3O. The van der Waals surface area contributed by atoms with Gasteiger partial charge in [-0.3, -0.25) is 4.79 Å². The number of nitriles is 1. The molecule has 1 amide bonds. The van der Waals surface area contributed by atoms with Gasteiger partial charge in [0.1, 0.15) is 17.5 Å². The summed E-state index contributed by atoms with van der Waals surface area (Å²) in [6.45, 7) is 2.37. The van der Waals surface area contributed by atoms with Crippen molar-refractivity contribution in [3.63, 3.8) is 0 Å². The minimum absolute atomic E-state index is 0.0102. The largest absolute Gasteiger partial charge is 0.342 e. The topological polar surface area (TPSA) is 57.8 Å². The summed E-state index contributed by atoms with van der Waals surface area (Å²) in [7, 11) is 0. The highest BCUT2D eigenvalue weighted by Gasteiger charge is 2.14. The molecule has 4 nitrogen and oxygen atoms in total. The minimum atomic E-state index is -0.492. The maximum Gasteiger partial charge on any atom is 0.266 e. The van der Waals surface area contributed by atoms with Crippen LogP contribution in [0.3, 0.4) is 0 Å². The molecule has 0 fully saturated rings. The van der Waals surface area contributed by atoms with Gasteiger partial charge in [-0.15, -0.1) is 0 Å². The Hall–Kier alpha value is -3.88. The van der Waals surface area contributed by atoms with Crippen LogP contribution in [0.1, 0.15) is 16.7 Å². The van der Waals surface area contributed by atoms with Crippen LogP contribution in [-0.4, -0.2) is 10.5 Å². The molecule has 0 atom stereocenters. The Balaban J connectivity index is 1.67. The molecule has 0 bridgehead atoms. The van der Waals surface area contributed by atoms with E-state index < -0.39 is 5.91 Å². The van der Waals surface area contributed by atoms with Crippen LogP contribution >= 0.6 is 11.6 Å². The van der Waals surface area contributed by atoms with E-state index >= 15 is 0 Å². The molecule has 0 aliphatic rings. The number of fused-ring (bicyclic) bond motifs is 1. The standard InChI is InChI=1S/C26H19ClFN3O/c1-17-12-21(27)8-11-24(17)30-26(32)19(14-29)13-20-16-31(25-5-3-2-4-23(20)25)15-18-6-9-22(28)10-7-18/h2-13,16H,15H2,1H3,(H,30,32)/b19-13+. The van der Waals surface area contributed by atoms with E-state index in [9.17, 15) is 14.4 Å². The van der Waals surface area contributed by atoms with E-state index in [4.69, 9.17) is 11.6 Å². The monoisotopic (exact) mass is 443 g/mol. The Kier molecular flexibility index (Phi) is 6.07. The molecule has 158 valence electrons. The summed E-state index contributed by atoms with van der Waals surface area (Å²) in [5, 5.41) is 13.9. The molecule has 0 saturated heterocycles. The first-order valence-corrected chi connectivity index (χ1v) is 10.3. The van der Waals surface area contributed by atoms with Crippen molar-refractivity contribution in [2.75, 3.05) is 5.32 Å². The van der Waals surface area contributed by atoms with Crippen molar-refractivity contribution in [2.24, 2.45) is 0 Å². The molecule has 0 spiro atoms. The second-order valence-corrected chi connectivity index (χ2v) is 7.88. The number of amides is 1. The summed E-state index contributed by atoms with van der Waals surface area (Å²) < 4.78 is 15.3. The van der Waals surface area contributed by atoms with Gasteiger partial charge in [-0.05, 0) is 60.5 Å². The van der Waals surface area contributed by atoms with E-state index in [1.807, 2.05) is 48.0 Å². The molecule has 0 unspecified atom stereocenters. The van der Waals surface area contributed by atoms with Gasteiger partial charge in [0, 0.05) is 39.9 Å². The Morgan fingerprint density at radius 1 is 1.16 bits per heavy atom. The van der Waals surface area contributed by atoms with Gasteiger partial charge < -0.3 is 9.88 Å². The summed E-state index contributed by atoms with van der Waals surface area (Å²) in [4.78, 5) is 12.8. The van der Waals surface area contributed by atoms with Gasteiger partial charge in [0.05, 0.1) is 0 Å². The number of hydrogen-bond acceptors (Lipinski definition) is 2. The second kappa shape index (κ2) is 9.09. The van der Waals surface area contributed by atoms with Gasteiger partial charge in [-0.25, -0.2) is 4.39 Å². The van der Waals surface area contributed by atoms with E-state index in [0.717, 1.165) is 27.6 Å². The smallest absolute Gasteiger partial charge is 0.266 e. The van der Waals surface area contributed by atoms with Crippen LogP contribution < -0.4 is 5.32 Å². The zero-order chi connectivity index (χ0) is 22.7. The van der Waals surface area contributed by atoms with Gasteiger partial charge in [0.15, 0.2) is 0 Å². The molecule has 1 N–H and O–H groups in total. The minimum Gasteiger partial charge on any atom is -0.342 e. The van der Waals surface area contributed by atoms with E-state index in [1.165, 1.54) is 12.1 Å². The number of carbonyl (C=O) groups is 1. The number of hydrogen-bond donors (Lipinski definition) is 1. The van der Waals surface area contributed by atoms with Gasteiger partial charge in [-0.1, -0.05) is 41.9 Å². The number of para-hydroxylation sites is 1. The molecule has 0 aliphatic heterocycles. The second-order valence-electron chi connectivity index (χ2n) is 7.44. The Morgan fingerprint density at radius 3 is 2.62 bits per heavy atom. The van der Waals surface area contributed by atoms with Crippen LogP contribution in [0.5, 0.6) is 0 Å². The van der Waals surface area contributed by atoms with Gasteiger partial charge in [0.25, 0.3) is 5.91 Å². The SMILES string of the molecule is Cc1cc(Cl)ccc1NC(=O)/C(C#N)=C/c1cn(Cc2ccc(F)cc2)c2ccccc12. The van der Waals surface area contributed by atoms with Crippen molar-refractivity contribution >= 4 is 40.2 Å². The Morgan fingerprint density at radius 2 is 1.91 bits per heavy atom. The van der Waals surface area contributed by atoms with E-state index in [2.05, 4.69) is 5.32 Å². The lowest BCUT2D eigenvalue weighted by Gasteiger charge is -2.08. The number of carbonyl (C=O) groups excluding carboxylic acids is 1. The average molecular weight is 444 g/mol. The number of aromatic nitrogens is 1. The van der Waals surface area contributed by atoms with E-state index in [-0.39, 0.29) is 11.4 Å². The summed E-state index contributed by atoms with van der Waals surface area (Å²) >= 11 is 5.98. The van der Waals surface area contributed by atoms with Crippen molar-refractivity contribution < 1.29 is 9.18 Å². The normalized spacial score (nSPS) is 11.4. The fourth-order valence-electron chi connectivity index (χ4n) is 3.57. The first-order chi connectivity index (χ1) is 15.4. The fraction of sp³-hybridized carbons (Fsp3) is 0.0769. The Labute approximate surface area is 190 Å². The van der Waals surface area contributed by atoms with Crippen molar-refractivity contribution in [3.8, 4) is 6.07 Å². The molecule has 6 heteroatoms. The lowest BCUT2D eigenvalue weighted by molar-refractivity contribution is -0.112. The molecular weight excluding hydrogens is 425 g/mol. The number of benzene rings is 3. The highest BCUT2D eigenvalue weighted by atomic mass is 35.5. The van der Waals surface area contributed by atoms with Crippen LogP contribution in [0, 0.1) is 24.1 Å². The van der Waals surface area contributed by atoms with Crippen molar-refractivity contribution in [1.82, 2.24) is 4.57 Å². The molecule has 0 aliphatic carbocycles. The zero-order valence-electron chi connectivity index (χ0n) is 17.3. The maximum absolute atomic E-state index is 13.3. The molecule has 0 radical (unpaired) electrons. The summed E-state index contributed by atoms with van der Waals surface area (Å²) in [6, 6.07) is 21.2. The van der Waals surface area contributed by atoms with Crippen LogP contribution in [-0.2, 0) is 11.3 Å². The number of nitrogens with zero attached hydrogens (tertiary/aromatic N) is 2. The van der Waals surface area contributed by atoms with Gasteiger partial charge >= 0.3 is 0 Å². The molecule has 1 heterocycles.